The lowest BCUT2D eigenvalue weighted by Crippen LogP contribution is -2.58. The lowest BCUT2D eigenvalue weighted by Gasteiger charge is -2.46. The number of ether oxygens (including phenoxy) is 1. The standard InChI is InChI=1S/C20H26N4O3/c1-3-18(25)24-10-20(11-24)7-16(27-12-20)9-22-19(26)14-4-5-17-15(6-14)8-21-13(2)23-17/h3,8,14,16H,1,4-7,9-12H2,2H3,(H,22,26). The van der Waals surface area contributed by atoms with E-state index in [4.69, 9.17) is 4.74 Å². The molecule has 2 aliphatic heterocycles. The summed E-state index contributed by atoms with van der Waals surface area (Å²) >= 11 is 0. The Morgan fingerprint density at radius 1 is 1.48 bits per heavy atom. The first-order chi connectivity index (χ1) is 13.0. The molecule has 1 aromatic rings. The van der Waals surface area contributed by atoms with Crippen LogP contribution in [0.1, 0.15) is 29.9 Å². The predicted molar refractivity (Wildman–Crippen MR) is 98.9 cm³/mol. The zero-order chi connectivity index (χ0) is 19.0. The molecule has 1 N–H and O–H groups in total. The minimum absolute atomic E-state index is 0.0193. The SMILES string of the molecule is C=CC(=O)N1CC2(COC(CNC(=O)C3CCc4nc(C)ncc4C3)C2)C1. The second kappa shape index (κ2) is 7.03. The number of carbonyl (C=O) groups is 2. The number of amides is 2. The fourth-order valence-corrected chi connectivity index (χ4v) is 4.49. The number of nitrogens with zero attached hydrogens (tertiary/aromatic N) is 3. The Morgan fingerprint density at radius 2 is 2.30 bits per heavy atom. The highest BCUT2D eigenvalue weighted by atomic mass is 16.5. The van der Waals surface area contributed by atoms with E-state index in [1.165, 1.54) is 6.08 Å². The van der Waals surface area contributed by atoms with Gasteiger partial charge in [-0.3, -0.25) is 9.59 Å². The summed E-state index contributed by atoms with van der Waals surface area (Å²) in [5.74, 6) is 0.828. The normalized spacial score (nSPS) is 25.6. The Morgan fingerprint density at radius 3 is 3.07 bits per heavy atom. The highest BCUT2D eigenvalue weighted by Crippen LogP contribution is 2.41. The van der Waals surface area contributed by atoms with Crippen LogP contribution < -0.4 is 5.32 Å². The smallest absolute Gasteiger partial charge is 0.245 e. The van der Waals surface area contributed by atoms with Crippen LogP contribution in [0.5, 0.6) is 0 Å². The minimum Gasteiger partial charge on any atom is -0.376 e. The van der Waals surface area contributed by atoms with Crippen LogP contribution in [0, 0.1) is 18.3 Å². The molecular formula is C20H26N4O3. The van der Waals surface area contributed by atoms with E-state index in [0.717, 1.165) is 49.4 Å². The van der Waals surface area contributed by atoms with Crippen LogP contribution in [-0.2, 0) is 27.2 Å². The monoisotopic (exact) mass is 370 g/mol. The summed E-state index contributed by atoms with van der Waals surface area (Å²) in [4.78, 5) is 34.7. The van der Waals surface area contributed by atoms with Crippen molar-refractivity contribution in [1.82, 2.24) is 20.2 Å². The fraction of sp³-hybridized carbons (Fsp3) is 0.600. The van der Waals surface area contributed by atoms with Crippen LogP contribution in [0.4, 0.5) is 0 Å². The molecule has 0 bridgehead atoms. The van der Waals surface area contributed by atoms with Gasteiger partial charge in [0.1, 0.15) is 5.82 Å². The van der Waals surface area contributed by atoms with Crippen molar-refractivity contribution >= 4 is 11.8 Å². The molecule has 2 atom stereocenters. The van der Waals surface area contributed by atoms with Gasteiger partial charge in [-0.25, -0.2) is 9.97 Å². The van der Waals surface area contributed by atoms with E-state index in [0.29, 0.717) is 19.6 Å². The zero-order valence-corrected chi connectivity index (χ0v) is 15.7. The van der Waals surface area contributed by atoms with Crippen LogP contribution in [0.3, 0.4) is 0 Å². The van der Waals surface area contributed by atoms with Crippen LogP contribution in [0.25, 0.3) is 0 Å². The number of aromatic nitrogens is 2. The molecule has 4 rings (SSSR count). The van der Waals surface area contributed by atoms with E-state index in [-0.39, 0.29) is 29.3 Å². The number of likely N-dealkylation sites (tertiary alicyclic amines) is 1. The average molecular weight is 370 g/mol. The zero-order valence-electron chi connectivity index (χ0n) is 15.7. The molecule has 144 valence electrons. The Kier molecular flexibility index (Phi) is 4.72. The van der Waals surface area contributed by atoms with Crippen molar-refractivity contribution in [3.05, 3.63) is 35.9 Å². The Bertz CT molecular complexity index is 772. The van der Waals surface area contributed by atoms with Crippen LogP contribution in [-0.4, -0.2) is 59.0 Å². The van der Waals surface area contributed by atoms with Crippen molar-refractivity contribution in [2.75, 3.05) is 26.2 Å². The van der Waals surface area contributed by atoms with Crippen molar-refractivity contribution in [3.8, 4) is 0 Å². The van der Waals surface area contributed by atoms with E-state index in [9.17, 15) is 9.59 Å². The van der Waals surface area contributed by atoms with Crippen LogP contribution >= 0.6 is 0 Å². The van der Waals surface area contributed by atoms with E-state index in [2.05, 4.69) is 21.9 Å². The van der Waals surface area contributed by atoms with Gasteiger partial charge in [0.15, 0.2) is 0 Å². The van der Waals surface area contributed by atoms with Crippen molar-refractivity contribution in [2.24, 2.45) is 11.3 Å². The second-order valence-electron chi connectivity index (χ2n) is 8.11. The molecular weight excluding hydrogens is 344 g/mol. The van der Waals surface area contributed by atoms with Crippen molar-refractivity contribution in [3.63, 3.8) is 0 Å². The van der Waals surface area contributed by atoms with Gasteiger partial charge >= 0.3 is 0 Å². The maximum absolute atomic E-state index is 12.6. The number of carbonyl (C=O) groups excluding carboxylic acids is 2. The van der Waals surface area contributed by atoms with Gasteiger partial charge in [0.2, 0.25) is 11.8 Å². The van der Waals surface area contributed by atoms with E-state index in [1.807, 2.05) is 13.1 Å². The molecule has 3 aliphatic rings. The number of nitrogens with one attached hydrogen (secondary N) is 1. The molecule has 2 saturated heterocycles. The maximum atomic E-state index is 12.6. The molecule has 7 heteroatoms. The Hall–Kier alpha value is -2.28. The first kappa shape index (κ1) is 18.1. The van der Waals surface area contributed by atoms with Crippen LogP contribution in [0.2, 0.25) is 0 Å². The van der Waals surface area contributed by atoms with Gasteiger partial charge < -0.3 is 15.0 Å². The average Bonchev–Trinajstić information content (AvgIpc) is 3.08. The second-order valence-corrected chi connectivity index (χ2v) is 8.11. The summed E-state index contributed by atoms with van der Waals surface area (Å²) in [6.07, 6.45) is 6.47. The number of hydrogen-bond donors (Lipinski definition) is 1. The minimum atomic E-state index is -0.0245. The summed E-state index contributed by atoms with van der Waals surface area (Å²) in [5, 5.41) is 3.07. The summed E-state index contributed by atoms with van der Waals surface area (Å²) in [5.41, 5.74) is 2.23. The van der Waals surface area contributed by atoms with Crippen LogP contribution in [0.15, 0.2) is 18.9 Å². The lowest BCUT2D eigenvalue weighted by atomic mass is 9.77. The van der Waals surface area contributed by atoms with Gasteiger partial charge in [0, 0.05) is 42.9 Å². The summed E-state index contributed by atoms with van der Waals surface area (Å²) in [6, 6.07) is 0. The summed E-state index contributed by atoms with van der Waals surface area (Å²) in [6.45, 7) is 8.05. The molecule has 7 nitrogen and oxygen atoms in total. The van der Waals surface area contributed by atoms with Gasteiger partial charge in [-0.2, -0.15) is 0 Å². The first-order valence-electron chi connectivity index (χ1n) is 9.60. The molecule has 1 aliphatic carbocycles. The topological polar surface area (TPSA) is 84.4 Å². The van der Waals surface area contributed by atoms with E-state index in [1.54, 1.807) is 4.90 Å². The Balaban J connectivity index is 1.24. The predicted octanol–water partition coefficient (Wildman–Crippen LogP) is 0.810. The quantitative estimate of drug-likeness (QED) is 0.793. The van der Waals surface area contributed by atoms with E-state index < -0.39 is 0 Å². The lowest BCUT2D eigenvalue weighted by molar-refractivity contribution is -0.137. The Labute approximate surface area is 159 Å². The van der Waals surface area contributed by atoms with Gasteiger partial charge in [-0.1, -0.05) is 6.58 Å². The molecule has 2 fully saturated rings. The number of rotatable bonds is 4. The number of fused-ring (bicyclic) bond motifs is 1. The molecule has 0 saturated carbocycles. The van der Waals surface area contributed by atoms with Gasteiger partial charge in [0.05, 0.1) is 12.7 Å². The van der Waals surface area contributed by atoms with Crippen molar-refractivity contribution < 1.29 is 14.3 Å². The summed E-state index contributed by atoms with van der Waals surface area (Å²) < 4.78 is 5.88. The molecule has 2 amide bonds. The van der Waals surface area contributed by atoms with Crippen molar-refractivity contribution in [2.45, 2.75) is 38.7 Å². The molecule has 0 aromatic carbocycles. The molecule has 27 heavy (non-hydrogen) atoms. The fourth-order valence-electron chi connectivity index (χ4n) is 4.49. The first-order valence-corrected chi connectivity index (χ1v) is 9.60. The van der Waals surface area contributed by atoms with Gasteiger partial charge in [-0.15, -0.1) is 0 Å². The van der Waals surface area contributed by atoms with Gasteiger partial charge in [-0.05, 0) is 44.2 Å². The molecule has 0 radical (unpaired) electrons. The van der Waals surface area contributed by atoms with Crippen molar-refractivity contribution in [1.29, 1.82) is 0 Å². The molecule has 1 aromatic heterocycles. The third-order valence-corrected chi connectivity index (χ3v) is 5.97. The molecule has 2 unspecified atom stereocenters. The molecule has 1 spiro atoms. The van der Waals surface area contributed by atoms with E-state index >= 15 is 0 Å². The summed E-state index contributed by atoms with van der Waals surface area (Å²) in [7, 11) is 0. The van der Waals surface area contributed by atoms with Gasteiger partial charge in [0.25, 0.3) is 0 Å². The maximum Gasteiger partial charge on any atom is 0.245 e. The highest BCUT2D eigenvalue weighted by Gasteiger charge is 2.50. The largest absolute Gasteiger partial charge is 0.376 e. The third-order valence-electron chi connectivity index (χ3n) is 5.97. The molecule has 3 heterocycles. The third kappa shape index (κ3) is 3.60. The number of aryl methyl sites for hydroxylation is 2. The number of hydrogen-bond acceptors (Lipinski definition) is 5. The highest BCUT2D eigenvalue weighted by molar-refractivity contribution is 5.87.